The van der Waals surface area contributed by atoms with Crippen LogP contribution in [0.15, 0.2) is 66.2 Å². The van der Waals surface area contributed by atoms with Crippen LogP contribution in [0.4, 0.5) is 0 Å². The maximum absolute atomic E-state index is 14.0. The number of carbonyl (C=O) groups is 2. The number of aryl methyl sites for hydroxylation is 1. The summed E-state index contributed by atoms with van der Waals surface area (Å²) in [6.07, 6.45) is 4.78. The highest BCUT2D eigenvalue weighted by Crippen LogP contribution is 2.26. The molecule has 5 rings (SSSR count). The molecule has 0 spiro atoms. The number of thiazole rings is 1. The van der Waals surface area contributed by atoms with Gasteiger partial charge in [-0.25, -0.2) is 4.98 Å². The molecule has 7 heteroatoms. The summed E-state index contributed by atoms with van der Waals surface area (Å²) in [6, 6.07) is 16.7. The number of ketones is 1. The number of piperidine rings is 1. The predicted octanol–water partition coefficient (Wildman–Crippen LogP) is 4.49. The van der Waals surface area contributed by atoms with Crippen molar-refractivity contribution in [2.24, 2.45) is 0 Å². The van der Waals surface area contributed by atoms with E-state index in [1.54, 1.807) is 4.40 Å². The summed E-state index contributed by atoms with van der Waals surface area (Å²) in [5, 5.41) is 8.46. The number of hydrogen-bond donors (Lipinski definition) is 2. The van der Waals surface area contributed by atoms with Crippen LogP contribution in [0.25, 0.3) is 16.1 Å². The van der Waals surface area contributed by atoms with E-state index in [1.807, 2.05) is 73.1 Å². The number of Topliss-reactive ketones (excluding diaryl/α,β-unsaturated/α-hetero) is 1. The largest absolute Gasteiger partial charge is 0.339 e. The van der Waals surface area contributed by atoms with Gasteiger partial charge in [0, 0.05) is 23.2 Å². The third-order valence-electron chi connectivity index (χ3n) is 6.25. The highest BCUT2D eigenvalue weighted by molar-refractivity contribution is 7.15. The number of carbonyl (C=O) groups excluding carboxylic acids is 2. The zero-order chi connectivity index (χ0) is 22.8. The molecular weight excluding hydrogens is 432 g/mol. The Morgan fingerprint density at radius 3 is 2.70 bits per heavy atom. The Balaban J connectivity index is 1.51. The van der Waals surface area contributed by atoms with Crippen molar-refractivity contribution in [1.29, 1.82) is 0 Å². The molecule has 2 N–H and O–H groups in total. The number of amides is 1. The summed E-state index contributed by atoms with van der Waals surface area (Å²) in [7, 11) is 0. The number of aromatic nitrogens is 2. The van der Waals surface area contributed by atoms with Gasteiger partial charge in [-0.1, -0.05) is 61.0 Å². The molecule has 0 bridgehead atoms. The molecule has 2 atom stereocenters. The molecule has 33 heavy (non-hydrogen) atoms. The van der Waals surface area contributed by atoms with Gasteiger partial charge in [0.2, 0.25) is 0 Å². The van der Waals surface area contributed by atoms with Crippen molar-refractivity contribution in [2.75, 3.05) is 6.54 Å². The third kappa shape index (κ3) is 4.21. The van der Waals surface area contributed by atoms with Gasteiger partial charge < -0.3 is 10.6 Å². The van der Waals surface area contributed by atoms with Crippen molar-refractivity contribution >= 4 is 28.0 Å². The van der Waals surface area contributed by atoms with Gasteiger partial charge in [-0.05, 0) is 37.4 Å². The lowest BCUT2D eigenvalue weighted by atomic mass is 9.88. The second-order valence-electron chi connectivity index (χ2n) is 8.38. The first kappa shape index (κ1) is 21.6. The summed E-state index contributed by atoms with van der Waals surface area (Å²) in [6.45, 7) is 2.67. The van der Waals surface area contributed by atoms with Crippen molar-refractivity contribution in [2.45, 2.75) is 38.3 Å². The summed E-state index contributed by atoms with van der Waals surface area (Å²) >= 11 is 1.48. The molecule has 4 aromatic rings. The Labute approximate surface area is 196 Å². The molecule has 1 aliphatic heterocycles. The lowest BCUT2D eigenvalue weighted by molar-refractivity contribution is 0.0822. The van der Waals surface area contributed by atoms with E-state index < -0.39 is 6.04 Å². The molecule has 3 heterocycles. The highest BCUT2D eigenvalue weighted by atomic mass is 32.1. The first-order valence-corrected chi connectivity index (χ1v) is 12.2. The SMILES string of the molecule is Cc1nc2sccn2c1C(=O)NC(C(=O)c1ccccc1-c1ccccc1)[C@@H]1CCCCN1. The number of rotatable bonds is 6. The van der Waals surface area contributed by atoms with Crippen molar-refractivity contribution < 1.29 is 9.59 Å². The maximum Gasteiger partial charge on any atom is 0.270 e. The minimum Gasteiger partial charge on any atom is -0.339 e. The summed E-state index contributed by atoms with van der Waals surface area (Å²) in [5.74, 6) is -0.354. The van der Waals surface area contributed by atoms with Crippen LogP contribution >= 0.6 is 11.3 Å². The Morgan fingerprint density at radius 2 is 1.91 bits per heavy atom. The van der Waals surface area contributed by atoms with Gasteiger partial charge >= 0.3 is 0 Å². The standard InChI is InChI=1S/C26H26N4O2S/c1-17-23(30-15-16-33-26(30)28-17)25(32)29-22(21-13-7-8-14-27-21)24(31)20-12-6-5-11-19(20)18-9-3-2-4-10-18/h2-6,9-12,15-16,21-22,27H,7-8,13-14H2,1H3,(H,29,32)/t21-,22?/m0/s1. The van der Waals surface area contributed by atoms with Gasteiger partial charge in [0.1, 0.15) is 11.7 Å². The fraction of sp³-hybridized carbons (Fsp3) is 0.269. The number of nitrogens with one attached hydrogen (secondary N) is 2. The number of nitrogens with zero attached hydrogens (tertiary/aromatic N) is 2. The minimum absolute atomic E-state index is 0.0778. The number of imidazole rings is 1. The van der Waals surface area contributed by atoms with Crippen LogP contribution in [0.3, 0.4) is 0 Å². The summed E-state index contributed by atoms with van der Waals surface area (Å²) in [5.41, 5.74) is 3.61. The fourth-order valence-corrected chi connectivity index (χ4v) is 5.38. The zero-order valence-electron chi connectivity index (χ0n) is 18.5. The second-order valence-corrected chi connectivity index (χ2v) is 9.26. The maximum atomic E-state index is 14.0. The van der Waals surface area contributed by atoms with Crippen LogP contribution in [0.2, 0.25) is 0 Å². The third-order valence-corrected chi connectivity index (χ3v) is 7.01. The molecule has 2 aromatic carbocycles. The minimum atomic E-state index is -0.675. The normalized spacial score (nSPS) is 17.1. The van der Waals surface area contributed by atoms with E-state index in [2.05, 4.69) is 15.6 Å². The van der Waals surface area contributed by atoms with Gasteiger partial charge in [0.15, 0.2) is 10.7 Å². The molecule has 0 aliphatic carbocycles. The molecular formula is C26H26N4O2S. The summed E-state index contributed by atoms with van der Waals surface area (Å²) in [4.78, 5) is 32.7. The Kier molecular flexibility index (Phi) is 6.07. The van der Waals surface area contributed by atoms with E-state index >= 15 is 0 Å². The van der Waals surface area contributed by atoms with E-state index in [0.717, 1.165) is 41.9 Å². The van der Waals surface area contributed by atoms with Crippen LogP contribution < -0.4 is 10.6 Å². The van der Waals surface area contributed by atoms with E-state index in [9.17, 15) is 9.59 Å². The topological polar surface area (TPSA) is 75.5 Å². The molecule has 168 valence electrons. The van der Waals surface area contributed by atoms with Crippen LogP contribution in [0, 0.1) is 6.92 Å². The number of benzene rings is 2. The van der Waals surface area contributed by atoms with Crippen molar-refractivity contribution in [1.82, 2.24) is 20.0 Å². The zero-order valence-corrected chi connectivity index (χ0v) is 19.3. The Hall–Kier alpha value is -3.29. The van der Waals surface area contributed by atoms with Gasteiger partial charge in [-0.3, -0.25) is 14.0 Å². The van der Waals surface area contributed by atoms with Gasteiger partial charge in [0.05, 0.1) is 5.69 Å². The molecule has 6 nitrogen and oxygen atoms in total. The summed E-state index contributed by atoms with van der Waals surface area (Å²) < 4.78 is 1.79. The average Bonchev–Trinajstić information content (AvgIpc) is 3.43. The lowest BCUT2D eigenvalue weighted by Gasteiger charge is -2.31. The van der Waals surface area contributed by atoms with E-state index in [-0.39, 0.29) is 17.7 Å². The van der Waals surface area contributed by atoms with Crippen molar-refractivity contribution in [3.05, 3.63) is 83.1 Å². The second kappa shape index (κ2) is 9.29. The molecule has 1 aliphatic rings. The fourth-order valence-electron chi connectivity index (χ4n) is 4.62. The van der Waals surface area contributed by atoms with Crippen LogP contribution in [0.5, 0.6) is 0 Å². The average molecular weight is 459 g/mol. The van der Waals surface area contributed by atoms with Crippen LogP contribution in [-0.4, -0.2) is 39.7 Å². The highest BCUT2D eigenvalue weighted by Gasteiger charge is 2.34. The van der Waals surface area contributed by atoms with Crippen LogP contribution in [0.1, 0.15) is 45.8 Å². The van der Waals surface area contributed by atoms with E-state index in [1.165, 1.54) is 11.3 Å². The van der Waals surface area contributed by atoms with E-state index in [0.29, 0.717) is 17.0 Å². The van der Waals surface area contributed by atoms with Crippen molar-refractivity contribution in [3.8, 4) is 11.1 Å². The lowest BCUT2D eigenvalue weighted by Crippen LogP contribution is -2.56. The Bertz CT molecular complexity index is 1290. The van der Waals surface area contributed by atoms with Crippen molar-refractivity contribution in [3.63, 3.8) is 0 Å². The first-order chi connectivity index (χ1) is 16.1. The Morgan fingerprint density at radius 1 is 1.12 bits per heavy atom. The molecule has 1 unspecified atom stereocenters. The predicted molar refractivity (Wildman–Crippen MR) is 131 cm³/mol. The molecule has 0 saturated carbocycles. The molecule has 1 fully saturated rings. The quantitative estimate of drug-likeness (QED) is 0.417. The monoisotopic (exact) mass is 458 g/mol. The first-order valence-electron chi connectivity index (χ1n) is 11.3. The van der Waals surface area contributed by atoms with Gasteiger partial charge in [0.25, 0.3) is 5.91 Å². The molecule has 1 amide bonds. The van der Waals surface area contributed by atoms with Gasteiger partial charge in [-0.2, -0.15) is 0 Å². The molecule has 2 aromatic heterocycles. The van der Waals surface area contributed by atoms with Crippen LogP contribution in [-0.2, 0) is 0 Å². The number of hydrogen-bond acceptors (Lipinski definition) is 5. The number of fused-ring (bicyclic) bond motifs is 1. The molecule has 0 radical (unpaired) electrons. The smallest absolute Gasteiger partial charge is 0.270 e. The van der Waals surface area contributed by atoms with E-state index in [4.69, 9.17) is 0 Å². The molecule has 1 saturated heterocycles. The van der Waals surface area contributed by atoms with Gasteiger partial charge in [-0.15, -0.1) is 11.3 Å².